The first-order valence-electron chi connectivity index (χ1n) is 5.88. The quantitative estimate of drug-likeness (QED) is 0.813. The monoisotopic (exact) mass is 355 g/mol. The highest BCUT2D eigenvalue weighted by Gasteiger charge is 2.21. The van der Waals surface area contributed by atoms with Crippen molar-refractivity contribution < 1.29 is 21.8 Å². The van der Waals surface area contributed by atoms with Crippen LogP contribution >= 0.6 is 10.7 Å². The van der Waals surface area contributed by atoms with Gasteiger partial charge in [0.25, 0.3) is 15.0 Å². The zero-order valence-electron chi connectivity index (χ0n) is 11.6. The molecular formula is C12H15ClFNO4S2. The van der Waals surface area contributed by atoms with Gasteiger partial charge in [-0.05, 0) is 31.5 Å². The smallest absolute Gasteiger partial charge is 0.261 e. The summed E-state index contributed by atoms with van der Waals surface area (Å²) in [4.78, 5) is 11.7. The molecule has 21 heavy (non-hydrogen) atoms. The first-order valence-corrected chi connectivity index (χ1v) is 9.91. The first-order chi connectivity index (χ1) is 9.52. The third kappa shape index (κ3) is 5.05. The van der Waals surface area contributed by atoms with Crippen LogP contribution in [0.25, 0.3) is 0 Å². The van der Waals surface area contributed by atoms with Crippen LogP contribution in [0.3, 0.4) is 0 Å². The lowest BCUT2D eigenvalue weighted by molar-refractivity contribution is 0.0939. The summed E-state index contributed by atoms with van der Waals surface area (Å²) in [5.41, 5.74) is -0.420. The molecular weight excluding hydrogens is 341 g/mol. The van der Waals surface area contributed by atoms with Gasteiger partial charge in [0.1, 0.15) is 5.82 Å². The van der Waals surface area contributed by atoms with Crippen LogP contribution in [0, 0.1) is 12.7 Å². The van der Waals surface area contributed by atoms with Crippen LogP contribution in [-0.2, 0) is 19.9 Å². The summed E-state index contributed by atoms with van der Waals surface area (Å²) in [6.07, 6.45) is 1.48. The lowest BCUT2D eigenvalue weighted by Gasteiger charge is -2.14. The van der Waals surface area contributed by atoms with E-state index in [1.165, 1.54) is 13.2 Å². The summed E-state index contributed by atoms with van der Waals surface area (Å²) in [7, 11) is 0.0212. The van der Waals surface area contributed by atoms with E-state index in [1.54, 1.807) is 6.92 Å². The van der Waals surface area contributed by atoms with Crippen LogP contribution in [0.2, 0.25) is 0 Å². The second kappa shape index (κ2) is 6.85. The van der Waals surface area contributed by atoms with E-state index in [0.717, 1.165) is 12.1 Å². The predicted octanol–water partition coefficient (Wildman–Crippen LogP) is 1.56. The standard InChI is InChI=1S/C12H15ClFNO4S2/c1-7-4-9(21(13,18)19)5-10(11(7)14)12(16)15-8(2)6-20(3)17/h4-5,8H,6H2,1-3H3,(H,15,16). The van der Waals surface area contributed by atoms with Gasteiger partial charge in [-0.3, -0.25) is 9.00 Å². The molecule has 0 radical (unpaired) electrons. The molecule has 0 aliphatic carbocycles. The molecule has 2 unspecified atom stereocenters. The fourth-order valence-electron chi connectivity index (χ4n) is 1.74. The van der Waals surface area contributed by atoms with Gasteiger partial charge in [0.15, 0.2) is 0 Å². The van der Waals surface area contributed by atoms with Crippen LogP contribution in [0.4, 0.5) is 4.39 Å². The lowest BCUT2D eigenvalue weighted by Crippen LogP contribution is -2.36. The Morgan fingerprint density at radius 1 is 1.48 bits per heavy atom. The van der Waals surface area contributed by atoms with Gasteiger partial charge >= 0.3 is 0 Å². The Morgan fingerprint density at radius 3 is 2.52 bits per heavy atom. The highest BCUT2D eigenvalue weighted by atomic mass is 35.7. The van der Waals surface area contributed by atoms with E-state index in [9.17, 15) is 21.8 Å². The minimum absolute atomic E-state index is 0.00593. The normalized spacial score (nSPS) is 14.5. The number of nitrogens with one attached hydrogen (secondary N) is 1. The molecule has 1 amide bonds. The van der Waals surface area contributed by atoms with Gasteiger partial charge in [0, 0.05) is 39.5 Å². The number of amides is 1. The molecule has 1 aromatic carbocycles. The number of aryl methyl sites for hydroxylation is 1. The van der Waals surface area contributed by atoms with Gasteiger partial charge < -0.3 is 5.32 Å². The summed E-state index contributed by atoms with van der Waals surface area (Å²) in [6, 6.07) is 1.49. The Labute approximate surface area is 129 Å². The molecule has 0 fully saturated rings. The van der Waals surface area contributed by atoms with E-state index in [1.807, 2.05) is 0 Å². The van der Waals surface area contributed by atoms with Crippen molar-refractivity contribution in [3.63, 3.8) is 0 Å². The van der Waals surface area contributed by atoms with E-state index in [-0.39, 0.29) is 16.2 Å². The number of rotatable bonds is 5. The lowest BCUT2D eigenvalue weighted by atomic mass is 10.1. The average Bonchev–Trinajstić information content (AvgIpc) is 2.29. The predicted molar refractivity (Wildman–Crippen MR) is 80.0 cm³/mol. The van der Waals surface area contributed by atoms with Crippen molar-refractivity contribution in [3.8, 4) is 0 Å². The molecule has 1 N–H and O–H groups in total. The maximum atomic E-state index is 14.0. The molecule has 0 saturated carbocycles. The average molecular weight is 356 g/mol. The number of carbonyl (C=O) groups is 1. The minimum atomic E-state index is -4.07. The topological polar surface area (TPSA) is 80.3 Å². The maximum absolute atomic E-state index is 14.0. The van der Waals surface area contributed by atoms with Crippen molar-refractivity contribution in [1.82, 2.24) is 5.32 Å². The molecule has 9 heteroatoms. The van der Waals surface area contributed by atoms with E-state index >= 15 is 0 Å². The molecule has 0 bridgehead atoms. The van der Waals surface area contributed by atoms with Crippen molar-refractivity contribution in [1.29, 1.82) is 0 Å². The highest BCUT2D eigenvalue weighted by Crippen LogP contribution is 2.22. The maximum Gasteiger partial charge on any atom is 0.261 e. The zero-order chi connectivity index (χ0) is 16.4. The minimum Gasteiger partial charge on any atom is -0.349 e. The van der Waals surface area contributed by atoms with Gasteiger partial charge in [0.05, 0.1) is 10.5 Å². The van der Waals surface area contributed by atoms with Crippen molar-refractivity contribution >= 4 is 36.4 Å². The van der Waals surface area contributed by atoms with Crippen molar-refractivity contribution in [2.24, 2.45) is 0 Å². The molecule has 118 valence electrons. The Balaban J connectivity index is 3.15. The van der Waals surface area contributed by atoms with E-state index < -0.39 is 43.2 Å². The molecule has 2 atom stereocenters. The van der Waals surface area contributed by atoms with Gasteiger partial charge in [-0.2, -0.15) is 0 Å². The molecule has 0 aliphatic rings. The number of hydrogen-bond donors (Lipinski definition) is 1. The fourth-order valence-corrected chi connectivity index (χ4v) is 3.37. The second-order valence-electron chi connectivity index (χ2n) is 4.65. The second-order valence-corrected chi connectivity index (χ2v) is 8.70. The van der Waals surface area contributed by atoms with Gasteiger partial charge in [-0.15, -0.1) is 0 Å². The van der Waals surface area contributed by atoms with Crippen molar-refractivity contribution in [3.05, 3.63) is 29.1 Å². The molecule has 0 aliphatic heterocycles. The summed E-state index contributed by atoms with van der Waals surface area (Å²) in [6.45, 7) is 2.95. The van der Waals surface area contributed by atoms with Crippen LogP contribution in [0.15, 0.2) is 17.0 Å². The van der Waals surface area contributed by atoms with Crippen LogP contribution in [-0.4, -0.2) is 36.6 Å². The Kier molecular flexibility index (Phi) is 5.89. The van der Waals surface area contributed by atoms with Gasteiger partial charge in [0.2, 0.25) is 0 Å². The molecule has 0 saturated heterocycles. The van der Waals surface area contributed by atoms with E-state index in [4.69, 9.17) is 10.7 Å². The summed E-state index contributed by atoms with van der Waals surface area (Å²) in [5, 5.41) is 2.46. The summed E-state index contributed by atoms with van der Waals surface area (Å²) < 4.78 is 47.7. The van der Waals surface area contributed by atoms with E-state index in [0.29, 0.717) is 0 Å². The molecule has 1 aromatic rings. The van der Waals surface area contributed by atoms with Crippen LogP contribution in [0.1, 0.15) is 22.8 Å². The number of carbonyl (C=O) groups excluding carboxylic acids is 1. The summed E-state index contributed by atoms with van der Waals surface area (Å²) in [5.74, 6) is -1.39. The Bertz CT molecular complexity index is 691. The first kappa shape index (κ1) is 18.1. The number of hydrogen-bond acceptors (Lipinski definition) is 4. The molecule has 1 rings (SSSR count). The Hall–Kier alpha value is -0.990. The SMILES string of the molecule is Cc1cc(S(=O)(=O)Cl)cc(C(=O)NC(C)CS(C)=O)c1F. The molecule has 0 heterocycles. The third-order valence-corrected chi connectivity index (χ3v) is 4.92. The van der Waals surface area contributed by atoms with E-state index in [2.05, 4.69) is 5.32 Å². The highest BCUT2D eigenvalue weighted by molar-refractivity contribution is 8.13. The third-order valence-electron chi connectivity index (χ3n) is 2.62. The Morgan fingerprint density at radius 2 is 2.05 bits per heavy atom. The molecule has 0 spiro atoms. The fraction of sp³-hybridized carbons (Fsp3) is 0.417. The van der Waals surface area contributed by atoms with Gasteiger partial charge in [-0.1, -0.05) is 0 Å². The van der Waals surface area contributed by atoms with Crippen molar-refractivity contribution in [2.75, 3.05) is 12.0 Å². The summed E-state index contributed by atoms with van der Waals surface area (Å²) >= 11 is 0. The number of benzene rings is 1. The van der Waals surface area contributed by atoms with Gasteiger partial charge in [-0.25, -0.2) is 12.8 Å². The molecule has 5 nitrogen and oxygen atoms in total. The zero-order valence-corrected chi connectivity index (χ0v) is 14.0. The largest absolute Gasteiger partial charge is 0.349 e. The number of halogens is 2. The van der Waals surface area contributed by atoms with Crippen molar-refractivity contribution in [2.45, 2.75) is 24.8 Å². The van der Waals surface area contributed by atoms with Crippen LogP contribution < -0.4 is 5.32 Å². The van der Waals surface area contributed by atoms with Crippen LogP contribution in [0.5, 0.6) is 0 Å². The molecule has 0 aromatic heterocycles.